The number of furan rings is 1. The number of likely N-dealkylation sites (tertiary alicyclic amines) is 1. The van der Waals surface area contributed by atoms with Crippen molar-refractivity contribution in [2.75, 3.05) is 13.1 Å². The maximum Gasteiger partial charge on any atom is 0.286 e. The molecular formula is C20H20N4O5S2. The van der Waals surface area contributed by atoms with E-state index >= 15 is 0 Å². The van der Waals surface area contributed by atoms with E-state index in [4.69, 9.17) is 15.3 Å². The lowest BCUT2D eigenvalue weighted by Gasteiger charge is -2.31. The summed E-state index contributed by atoms with van der Waals surface area (Å²) in [6.45, 7) is 1.25. The van der Waals surface area contributed by atoms with Gasteiger partial charge in [-0.05, 0) is 61.0 Å². The molecule has 3 heterocycles. The standard InChI is InChI=1S/C20H20N4O5S2/c21-18(25)13-7-9-24(10-8-13)20-23-19(26)17(30-20)11-14-3-6-16(29-14)12-1-4-15(5-2-12)31(22,27)28/h1-6,11,13H,7-10H2,(H2,21,25)(H2,22,27,28). The van der Waals surface area contributed by atoms with Gasteiger partial charge in [-0.25, -0.2) is 13.6 Å². The fourth-order valence-corrected chi connectivity index (χ4v) is 4.87. The number of sulfonamides is 1. The number of benzene rings is 1. The minimum atomic E-state index is -3.76. The number of hydrogen-bond donors (Lipinski definition) is 2. The van der Waals surface area contributed by atoms with E-state index < -0.39 is 10.0 Å². The Kier molecular flexibility index (Phi) is 5.73. The van der Waals surface area contributed by atoms with E-state index in [0.29, 0.717) is 53.1 Å². The Morgan fingerprint density at radius 1 is 1.16 bits per heavy atom. The maximum absolute atomic E-state index is 12.3. The van der Waals surface area contributed by atoms with Gasteiger partial charge in [0.25, 0.3) is 5.91 Å². The smallest absolute Gasteiger partial charge is 0.286 e. The molecule has 1 saturated heterocycles. The molecule has 9 nitrogen and oxygen atoms in total. The summed E-state index contributed by atoms with van der Waals surface area (Å²) in [6.07, 6.45) is 2.92. The molecular weight excluding hydrogens is 440 g/mol. The van der Waals surface area contributed by atoms with Crippen molar-refractivity contribution < 1.29 is 22.4 Å². The Bertz CT molecular complexity index is 1190. The predicted molar refractivity (Wildman–Crippen MR) is 117 cm³/mol. The van der Waals surface area contributed by atoms with Crippen LogP contribution in [0.15, 0.2) is 55.6 Å². The molecule has 0 spiro atoms. The molecule has 4 N–H and O–H groups in total. The Hall–Kier alpha value is -2.89. The second kappa shape index (κ2) is 8.33. The van der Waals surface area contributed by atoms with E-state index in [2.05, 4.69) is 4.99 Å². The zero-order valence-corrected chi connectivity index (χ0v) is 18.0. The molecule has 0 atom stereocenters. The van der Waals surface area contributed by atoms with Crippen LogP contribution in [0, 0.1) is 5.92 Å². The number of carbonyl (C=O) groups excluding carboxylic acids is 2. The zero-order chi connectivity index (χ0) is 22.2. The summed E-state index contributed by atoms with van der Waals surface area (Å²) in [5.41, 5.74) is 6.05. The minimum Gasteiger partial charge on any atom is -0.457 e. The average Bonchev–Trinajstić information content (AvgIpc) is 3.35. The second-order valence-electron chi connectivity index (χ2n) is 7.25. The van der Waals surface area contributed by atoms with Gasteiger partial charge in [-0.2, -0.15) is 4.99 Å². The Balaban J connectivity index is 1.44. The first kappa shape index (κ1) is 21.3. The summed E-state index contributed by atoms with van der Waals surface area (Å²) in [5, 5.41) is 5.73. The van der Waals surface area contributed by atoms with E-state index in [-0.39, 0.29) is 22.6 Å². The van der Waals surface area contributed by atoms with Gasteiger partial charge in [0.1, 0.15) is 11.5 Å². The van der Waals surface area contributed by atoms with Crippen LogP contribution in [0.3, 0.4) is 0 Å². The second-order valence-corrected chi connectivity index (χ2v) is 9.82. The third kappa shape index (κ3) is 4.73. The number of nitrogens with zero attached hydrogens (tertiary/aromatic N) is 2. The molecule has 0 bridgehead atoms. The lowest BCUT2D eigenvalue weighted by molar-refractivity contribution is -0.123. The van der Waals surface area contributed by atoms with E-state index in [1.807, 2.05) is 4.90 Å². The fourth-order valence-electron chi connectivity index (χ4n) is 3.41. The van der Waals surface area contributed by atoms with Gasteiger partial charge in [0, 0.05) is 30.6 Å². The molecule has 0 saturated carbocycles. The van der Waals surface area contributed by atoms with Crippen molar-refractivity contribution in [2.24, 2.45) is 21.8 Å². The normalized spacial score (nSPS) is 19.1. The van der Waals surface area contributed by atoms with Crippen LogP contribution < -0.4 is 10.9 Å². The molecule has 4 rings (SSSR count). The van der Waals surface area contributed by atoms with Crippen LogP contribution in [0.1, 0.15) is 18.6 Å². The maximum atomic E-state index is 12.3. The molecule has 2 aliphatic heterocycles. The zero-order valence-electron chi connectivity index (χ0n) is 16.4. The van der Waals surface area contributed by atoms with Gasteiger partial charge in [0.2, 0.25) is 15.9 Å². The number of primary amides is 1. The minimum absolute atomic E-state index is 0.0163. The highest BCUT2D eigenvalue weighted by atomic mass is 32.2. The first-order chi connectivity index (χ1) is 14.7. The molecule has 2 amide bonds. The van der Waals surface area contributed by atoms with Gasteiger partial charge in [-0.1, -0.05) is 0 Å². The van der Waals surface area contributed by atoms with Crippen LogP contribution >= 0.6 is 11.8 Å². The highest BCUT2D eigenvalue weighted by Crippen LogP contribution is 2.33. The SMILES string of the molecule is NC(=O)C1CCN(C2=NC(=O)C(=Cc3ccc(-c4ccc(S(N)(=O)=O)cc4)o3)S2)CC1. The summed E-state index contributed by atoms with van der Waals surface area (Å²) in [6, 6.07) is 9.47. The number of carbonyl (C=O) groups is 2. The largest absolute Gasteiger partial charge is 0.457 e. The molecule has 0 aliphatic carbocycles. The molecule has 11 heteroatoms. The number of amidine groups is 1. The number of rotatable bonds is 4. The molecule has 0 radical (unpaired) electrons. The van der Waals surface area contributed by atoms with Crippen LogP contribution in [0.5, 0.6) is 0 Å². The Morgan fingerprint density at radius 3 is 2.45 bits per heavy atom. The molecule has 2 aromatic rings. The van der Waals surface area contributed by atoms with Gasteiger partial charge in [-0.3, -0.25) is 9.59 Å². The summed E-state index contributed by atoms with van der Waals surface area (Å²) in [5.74, 6) is 0.246. The van der Waals surface area contributed by atoms with Crippen molar-refractivity contribution >= 4 is 44.8 Å². The molecule has 31 heavy (non-hydrogen) atoms. The van der Waals surface area contributed by atoms with Crippen molar-refractivity contribution in [2.45, 2.75) is 17.7 Å². The van der Waals surface area contributed by atoms with Crippen molar-refractivity contribution in [3.63, 3.8) is 0 Å². The van der Waals surface area contributed by atoms with Gasteiger partial charge in [0.15, 0.2) is 5.17 Å². The number of piperidine rings is 1. The number of amides is 2. The number of aliphatic imine (C=N–C) groups is 1. The summed E-state index contributed by atoms with van der Waals surface area (Å²) in [4.78, 5) is 30.2. The molecule has 162 valence electrons. The van der Waals surface area contributed by atoms with Crippen LogP contribution in [0.2, 0.25) is 0 Å². The number of thioether (sulfide) groups is 1. The third-order valence-corrected chi connectivity index (χ3v) is 7.12. The highest BCUT2D eigenvalue weighted by molar-refractivity contribution is 8.18. The summed E-state index contributed by atoms with van der Waals surface area (Å²) in [7, 11) is -3.76. The summed E-state index contributed by atoms with van der Waals surface area (Å²) < 4.78 is 28.5. The van der Waals surface area contributed by atoms with E-state index in [1.54, 1.807) is 30.3 Å². The van der Waals surface area contributed by atoms with Crippen molar-refractivity contribution in [3.8, 4) is 11.3 Å². The van der Waals surface area contributed by atoms with Crippen LogP contribution in [0.25, 0.3) is 17.4 Å². The topological polar surface area (TPSA) is 149 Å². The van der Waals surface area contributed by atoms with Crippen molar-refractivity contribution in [1.29, 1.82) is 0 Å². The lowest BCUT2D eigenvalue weighted by atomic mass is 9.97. The third-order valence-electron chi connectivity index (χ3n) is 5.14. The summed E-state index contributed by atoms with van der Waals surface area (Å²) >= 11 is 1.27. The number of primary sulfonamides is 1. The monoisotopic (exact) mass is 460 g/mol. The van der Waals surface area contributed by atoms with Crippen LogP contribution in [-0.2, 0) is 19.6 Å². The first-order valence-electron chi connectivity index (χ1n) is 9.50. The average molecular weight is 461 g/mol. The van der Waals surface area contributed by atoms with Gasteiger partial charge >= 0.3 is 0 Å². The molecule has 1 fully saturated rings. The van der Waals surface area contributed by atoms with Gasteiger partial charge in [0.05, 0.1) is 9.80 Å². The molecule has 1 aromatic carbocycles. The van der Waals surface area contributed by atoms with Crippen LogP contribution in [0.4, 0.5) is 0 Å². The number of hydrogen-bond acceptors (Lipinski definition) is 7. The number of nitrogens with two attached hydrogens (primary N) is 2. The van der Waals surface area contributed by atoms with E-state index in [1.165, 1.54) is 23.9 Å². The van der Waals surface area contributed by atoms with Gasteiger partial charge in [-0.15, -0.1) is 0 Å². The molecule has 2 aliphatic rings. The van der Waals surface area contributed by atoms with Gasteiger partial charge < -0.3 is 15.1 Å². The van der Waals surface area contributed by atoms with E-state index in [9.17, 15) is 18.0 Å². The Morgan fingerprint density at radius 2 is 1.84 bits per heavy atom. The molecule has 1 aromatic heterocycles. The lowest BCUT2D eigenvalue weighted by Crippen LogP contribution is -2.40. The molecule has 0 unspecified atom stereocenters. The predicted octanol–water partition coefficient (Wildman–Crippen LogP) is 1.76. The van der Waals surface area contributed by atoms with Crippen molar-refractivity contribution in [3.05, 3.63) is 47.1 Å². The first-order valence-corrected chi connectivity index (χ1v) is 11.9. The quantitative estimate of drug-likeness (QED) is 0.660. The fraction of sp³-hybridized carbons (Fsp3) is 0.250. The van der Waals surface area contributed by atoms with Crippen LogP contribution in [-0.4, -0.2) is 43.4 Å². The van der Waals surface area contributed by atoms with E-state index in [0.717, 1.165) is 0 Å². The Labute approximate surface area is 183 Å². The highest BCUT2D eigenvalue weighted by Gasteiger charge is 2.30. The van der Waals surface area contributed by atoms with Crippen molar-refractivity contribution in [1.82, 2.24) is 4.90 Å².